The molecule has 0 aromatic carbocycles. The van der Waals surface area contributed by atoms with Gasteiger partial charge in [0, 0.05) is 76.0 Å². The zero-order valence-corrected chi connectivity index (χ0v) is 36.4. The molecule has 20 heteroatoms. The van der Waals surface area contributed by atoms with Crippen molar-refractivity contribution in [3.8, 4) is 0 Å². The van der Waals surface area contributed by atoms with Gasteiger partial charge in [0.25, 0.3) is 0 Å². The van der Waals surface area contributed by atoms with Gasteiger partial charge in [-0.1, -0.05) is 41.5 Å². The Kier molecular flexibility index (Phi) is 26.4. The molecule has 0 saturated carbocycles. The first kappa shape index (κ1) is 56.3. The van der Waals surface area contributed by atoms with E-state index in [4.69, 9.17) is 21.7 Å². The number of hydrogen-bond acceptors (Lipinski definition) is 16. The zero-order valence-electron chi connectivity index (χ0n) is 36.4. The number of rotatable bonds is 12. The maximum absolute atomic E-state index is 13.1. The molecule has 4 rings (SSSR count). The molecule has 4 heterocycles. The van der Waals surface area contributed by atoms with E-state index in [-0.39, 0.29) is 51.2 Å². The molecule has 4 saturated heterocycles. The van der Waals surface area contributed by atoms with Crippen LogP contribution in [-0.4, -0.2) is 212 Å². The van der Waals surface area contributed by atoms with Crippen LogP contribution in [0.15, 0.2) is 0 Å². The van der Waals surface area contributed by atoms with Crippen LogP contribution in [0.2, 0.25) is 0 Å². The number of carbonyl (C=O) groups is 2. The molecule has 0 aliphatic carbocycles. The van der Waals surface area contributed by atoms with Crippen LogP contribution in [0.3, 0.4) is 0 Å². The highest BCUT2D eigenvalue weighted by Crippen LogP contribution is 2.23. The van der Waals surface area contributed by atoms with E-state index >= 15 is 0 Å². The van der Waals surface area contributed by atoms with Gasteiger partial charge >= 0.3 is 0 Å². The Labute approximate surface area is 354 Å². The van der Waals surface area contributed by atoms with Crippen molar-refractivity contribution in [1.29, 1.82) is 0 Å². The Morgan fingerprint density at radius 1 is 0.567 bits per heavy atom. The summed E-state index contributed by atoms with van der Waals surface area (Å²) in [5, 5.41) is 99.9. The summed E-state index contributed by atoms with van der Waals surface area (Å²) < 4.78 is 26.3. The highest BCUT2D eigenvalue weighted by molar-refractivity contribution is 5.82. The third kappa shape index (κ3) is 17.8. The monoisotopic (exact) mass is 875 g/mol. The van der Waals surface area contributed by atoms with Gasteiger partial charge in [-0.2, -0.15) is 0 Å². The molecule has 0 aromatic heterocycles. The topological polar surface area (TPSA) is 319 Å². The molecule has 4 aliphatic heterocycles. The quantitative estimate of drug-likeness (QED) is 0.0902. The number of nitrogens with two attached hydrogens (primary N) is 2. The fraction of sp³-hybridized carbons (Fsp3) is 0.950. The molecule has 18 nitrogen and oxygen atoms in total. The number of alkyl halides is 2. The molecule has 2 amide bonds. The molecule has 4 aliphatic rings. The lowest BCUT2D eigenvalue weighted by Crippen LogP contribution is -2.58. The predicted molar refractivity (Wildman–Crippen MR) is 220 cm³/mol. The maximum atomic E-state index is 13.1. The van der Waals surface area contributed by atoms with E-state index in [0.29, 0.717) is 63.7 Å². The Hall–Kier alpha value is -1.76. The maximum Gasteiger partial charge on any atom is 0.239 e. The third-order valence-electron chi connectivity index (χ3n) is 11.5. The molecule has 0 bridgehead atoms. The van der Waals surface area contributed by atoms with E-state index in [1.54, 1.807) is 13.8 Å². The van der Waals surface area contributed by atoms with E-state index in [1.807, 2.05) is 27.7 Å². The van der Waals surface area contributed by atoms with Crippen LogP contribution in [0.4, 0.5) is 8.78 Å². The molecule has 60 heavy (non-hydrogen) atoms. The lowest BCUT2D eigenvalue weighted by molar-refractivity contribution is -0.146. The summed E-state index contributed by atoms with van der Waals surface area (Å²) in [5.74, 6) is -1.76. The molecule has 4 fully saturated rings. The van der Waals surface area contributed by atoms with Crippen molar-refractivity contribution in [2.45, 2.75) is 140 Å². The first-order valence-corrected chi connectivity index (χ1v) is 21.5. The van der Waals surface area contributed by atoms with E-state index in [1.165, 1.54) is 9.80 Å². The number of aliphatic hydroxyl groups excluding tert-OH is 10. The van der Waals surface area contributed by atoms with E-state index in [0.717, 1.165) is 0 Å². The van der Waals surface area contributed by atoms with Crippen LogP contribution in [0.1, 0.15) is 67.2 Å². The smallest absolute Gasteiger partial charge is 0.239 e. The largest absolute Gasteiger partial charge is 0.396 e. The number of aliphatic hydroxyl groups is 10. The van der Waals surface area contributed by atoms with Gasteiger partial charge in [0.05, 0.1) is 74.1 Å². The molecular weight excluding hydrogens is 794 g/mol. The highest BCUT2D eigenvalue weighted by Gasteiger charge is 2.39. The van der Waals surface area contributed by atoms with E-state index < -0.39 is 96.9 Å². The van der Waals surface area contributed by atoms with Crippen molar-refractivity contribution in [3.05, 3.63) is 0 Å². The summed E-state index contributed by atoms with van der Waals surface area (Å²) in [4.78, 5) is 27.0. The van der Waals surface area contributed by atoms with Crippen LogP contribution in [0, 0.1) is 35.5 Å². The number of β-amino-alcohol motifs (C(OH)–C–C–N with tert-alkyl or cyclic N) is 4. The van der Waals surface area contributed by atoms with Gasteiger partial charge in [0.2, 0.25) is 11.8 Å². The number of piperidine rings is 4. The zero-order chi connectivity index (χ0) is 46.0. The van der Waals surface area contributed by atoms with Gasteiger partial charge in [-0.05, 0) is 37.5 Å². The van der Waals surface area contributed by atoms with Crippen LogP contribution >= 0.6 is 0 Å². The Morgan fingerprint density at radius 3 is 1.15 bits per heavy atom. The molecule has 356 valence electrons. The van der Waals surface area contributed by atoms with Crippen molar-refractivity contribution < 1.29 is 69.4 Å². The second-order valence-electron chi connectivity index (χ2n) is 17.6. The van der Waals surface area contributed by atoms with Gasteiger partial charge in [-0.15, -0.1) is 0 Å². The van der Waals surface area contributed by atoms with Gasteiger partial charge in [-0.3, -0.25) is 9.59 Å². The summed E-state index contributed by atoms with van der Waals surface area (Å²) in [5.41, 5.74) is 11.6. The molecule has 16 atom stereocenters. The van der Waals surface area contributed by atoms with Crippen LogP contribution in [-0.2, 0) is 9.59 Å². The van der Waals surface area contributed by atoms with Gasteiger partial charge in [0.1, 0.15) is 12.3 Å². The molecule has 16 N–H and O–H groups in total. The average Bonchev–Trinajstić information content (AvgIpc) is 3.20. The fourth-order valence-electron chi connectivity index (χ4n) is 7.74. The molecule has 0 spiro atoms. The first-order chi connectivity index (χ1) is 28.1. The Morgan fingerprint density at radius 2 is 0.883 bits per heavy atom. The number of nitrogens with zero attached hydrogens (tertiary/aromatic N) is 2. The second-order valence-corrected chi connectivity index (χ2v) is 17.6. The number of halogens is 2. The van der Waals surface area contributed by atoms with Crippen molar-refractivity contribution >= 4 is 11.8 Å². The lowest BCUT2D eigenvalue weighted by atomic mass is 9.89. The van der Waals surface area contributed by atoms with Gasteiger partial charge in [0.15, 0.2) is 0 Å². The van der Waals surface area contributed by atoms with Gasteiger partial charge < -0.3 is 83.0 Å². The van der Waals surface area contributed by atoms with Crippen molar-refractivity contribution in [3.63, 3.8) is 0 Å². The fourth-order valence-corrected chi connectivity index (χ4v) is 7.74. The third-order valence-corrected chi connectivity index (χ3v) is 11.5. The summed E-state index contributed by atoms with van der Waals surface area (Å²) >= 11 is 0. The van der Waals surface area contributed by atoms with E-state index in [2.05, 4.69) is 10.6 Å². The summed E-state index contributed by atoms with van der Waals surface area (Å²) in [7, 11) is 0. The standard InChI is InChI=1S/2C12H24N2O4.2C8H16FNO2/c2*1-7(2)3-9(13)12(18)14-4-8(6-15)11(17)10(16)5-14;2*1-2-6(9)5-3-10-4-7(11)8(5)12/h2*7-11,15-17H,3-6,13H2,1-2H3;2*5-8,10-12H,2-4H2,1H3/t8-,9+,10-,11-;8-,9-,10-,11-;5-,6+,7-,8-;5-,6-,7-,8-/m1111/s1. The first-order valence-electron chi connectivity index (χ1n) is 21.5. The Bertz CT molecular complexity index is 1120. The van der Waals surface area contributed by atoms with Crippen LogP contribution in [0.25, 0.3) is 0 Å². The average molecular weight is 875 g/mol. The van der Waals surface area contributed by atoms with Crippen LogP contribution in [0.5, 0.6) is 0 Å². The lowest BCUT2D eigenvalue weighted by Gasteiger charge is -2.39. The predicted octanol–water partition coefficient (Wildman–Crippen LogP) is -3.58. The Balaban J connectivity index is 0.000000407. The molecule has 0 unspecified atom stereocenters. The summed E-state index contributed by atoms with van der Waals surface area (Å²) in [6.07, 6.45) is -7.62. The minimum absolute atomic E-state index is 0.0717. The number of likely N-dealkylation sites (tertiary alicyclic amines) is 2. The van der Waals surface area contributed by atoms with Gasteiger partial charge in [-0.25, -0.2) is 8.78 Å². The highest BCUT2D eigenvalue weighted by atomic mass is 19.1. The summed E-state index contributed by atoms with van der Waals surface area (Å²) in [6, 6.07) is -1.18. The van der Waals surface area contributed by atoms with Crippen molar-refractivity contribution in [2.75, 3.05) is 65.6 Å². The van der Waals surface area contributed by atoms with Crippen LogP contribution < -0.4 is 22.1 Å². The molecular formula is C40H80F2N6O12. The van der Waals surface area contributed by atoms with Crippen molar-refractivity contribution in [1.82, 2.24) is 20.4 Å². The number of carbonyl (C=O) groups excluding carboxylic acids is 2. The number of nitrogens with one attached hydrogen (secondary N) is 2. The molecule has 0 aromatic rings. The van der Waals surface area contributed by atoms with Crippen molar-refractivity contribution in [2.24, 2.45) is 47.0 Å². The number of amides is 2. The normalized spacial score (nSPS) is 34.2. The SMILES string of the molecule is CC(C)C[C@@H](N)C(=O)N1C[C@H](CO)[C@@H](O)[C@H](O)C1.CC(C)C[C@H](N)C(=O)N1C[C@H](CO)[C@@H](O)[C@H](O)C1.CC[C@@H](F)[C@H]1CNC[C@@H](O)[C@@H]1O.CC[C@H](F)[C@H]1CNC[C@@H](O)[C@@H]1O. The molecule has 0 radical (unpaired) electrons. The second kappa shape index (κ2) is 28.1. The van der Waals surface area contributed by atoms with E-state index in [9.17, 15) is 59.2 Å². The minimum atomic E-state index is -1.03. The summed E-state index contributed by atoms with van der Waals surface area (Å²) in [6.45, 7) is 13.1. The number of hydrogen-bond donors (Lipinski definition) is 14. The minimum Gasteiger partial charge on any atom is -0.396 e.